The second-order valence-corrected chi connectivity index (χ2v) is 8.91. The summed E-state index contributed by atoms with van der Waals surface area (Å²) >= 11 is 0. The largest absolute Gasteiger partial charge is 0.508 e. The molecule has 1 amide bonds. The summed E-state index contributed by atoms with van der Waals surface area (Å²) in [7, 11) is 0. The van der Waals surface area contributed by atoms with Crippen molar-refractivity contribution in [1.29, 1.82) is 0 Å². The SMILES string of the molecule is Cc1c(OCC(=O)NC(Cc2c[nH]c3ccc(O)cc23)C(=O)O)ccc2c(-c3ccccc3)cc(=O)oc12. The molecule has 0 bridgehead atoms. The van der Waals surface area contributed by atoms with E-state index in [0.29, 0.717) is 27.8 Å². The number of benzene rings is 3. The number of hydrogen-bond acceptors (Lipinski definition) is 6. The first kappa shape index (κ1) is 24.6. The molecule has 0 aliphatic rings. The summed E-state index contributed by atoms with van der Waals surface area (Å²) < 4.78 is 11.2. The molecular formula is C29H24N2O7. The highest BCUT2D eigenvalue weighted by atomic mass is 16.5. The van der Waals surface area contributed by atoms with E-state index >= 15 is 0 Å². The van der Waals surface area contributed by atoms with Crippen LogP contribution < -0.4 is 15.7 Å². The average molecular weight is 513 g/mol. The number of aromatic amines is 1. The highest BCUT2D eigenvalue weighted by molar-refractivity contribution is 5.95. The van der Waals surface area contributed by atoms with Gasteiger partial charge in [-0.15, -0.1) is 0 Å². The van der Waals surface area contributed by atoms with Crippen molar-refractivity contribution in [3.63, 3.8) is 0 Å². The van der Waals surface area contributed by atoms with Gasteiger partial charge in [0.1, 0.15) is 23.1 Å². The maximum absolute atomic E-state index is 12.6. The lowest BCUT2D eigenvalue weighted by Gasteiger charge is -2.16. The molecule has 0 spiro atoms. The van der Waals surface area contributed by atoms with E-state index < -0.39 is 30.2 Å². The van der Waals surface area contributed by atoms with Crippen LogP contribution >= 0.6 is 0 Å². The second kappa shape index (κ2) is 10.1. The summed E-state index contributed by atoms with van der Waals surface area (Å²) in [5, 5.41) is 23.3. The number of carboxylic acid groups (broad SMARTS) is 1. The monoisotopic (exact) mass is 512 g/mol. The molecule has 1 atom stereocenters. The molecule has 0 fully saturated rings. The molecule has 4 N–H and O–H groups in total. The molecule has 0 radical (unpaired) electrons. The highest BCUT2D eigenvalue weighted by Crippen LogP contribution is 2.33. The first-order valence-electron chi connectivity index (χ1n) is 11.9. The van der Waals surface area contributed by atoms with Crippen molar-refractivity contribution >= 4 is 33.7 Å². The molecule has 9 heteroatoms. The number of fused-ring (bicyclic) bond motifs is 2. The topological polar surface area (TPSA) is 142 Å². The molecule has 192 valence electrons. The maximum Gasteiger partial charge on any atom is 0.336 e. The average Bonchev–Trinajstić information content (AvgIpc) is 3.30. The predicted molar refractivity (Wildman–Crippen MR) is 141 cm³/mol. The van der Waals surface area contributed by atoms with Crippen LogP contribution in [0.15, 0.2) is 82.1 Å². The number of hydrogen-bond donors (Lipinski definition) is 4. The van der Waals surface area contributed by atoms with Crippen molar-refractivity contribution in [2.45, 2.75) is 19.4 Å². The van der Waals surface area contributed by atoms with E-state index in [4.69, 9.17) is 9.15 Å². The number of carboxylic acids is 1. The summed E-state index contributed by atoms with van der Waals surface area (Å²) in [6.45, 7) is 1.28. The zero-order valence-electron chi connectivity index (χ0n) is 20.4. The van der Waals surface area contributed by atoms with Gasteiger partial charge in [-0.25, -0.2) is 9.59 Å². The standard InChI is InChI=1S/C29H24N2O7/c1-16-25(10-8-20-21(13-27(34)38-28(16)20)17-5-3-2-4-6-17)37-15-26(33)31-24(29(35)36)11-18-14-30-23-9-7-19(32)12-22(18)23/h2-10,12-14,24,30,32H,11,15H2,1H3,(H,31,33)(H,35,36). The Morgan fingerprint density at radius 1 is 1.05 bits per heavy atom. The van der Waals surface area contributed by atoms with Gasteiger partial charge in [0.05, 0.1) is 0 Å². The molecule has 0 aliphatic carbocycles. The van der Waals surface area contributed by atoms with Crippen LogP contribution in [0.1, 0.15) is 11.1 Å². The number of aryl methyl sites for hydroxylation is 1. The summed E-state index contributed by atoms with van der Waals surface area (Å²) in [5.74, 6) is -1.44. The minimum atomic E-state index is -1.21. The molecule has 0 aliphatic heterocycles. The van der Waals surface area contributed by atoms with Gasteiger partial charge < -0.3 is 29.7 Å². The van der Waals surface area contributed by atoms with E-state index in [0.717, 1.165) is 22.0 Å². The van der Waals surface area contributed by atoms with Crippen LogP contribution in [0.25, 0.3) is 33.0 Å². The Morgan fingerprint density at radius 2 is 1.84 bits per heavy atom. The number of nitrogens with one attached hydrogen (secondary N) is 2. The van der Waals surface area contributed by atoms with E-state index in [1.807, 2.05) is 30.3 Å². The lowest BCUT2D eigenvalue weighted by atomic mass is 10.0. The second-order valence-electron chi connectivity index (χ2n) is 8.91. The van der Waals surface area contributed by atoms with E-state index in [1.165, 1.54) is 18.2 Å². The molecule has 9 nitrogen and oxygen atoms in total. The quantitative estimate of drug-likeness (QED) is 0.229. The fourth-order valence-electron chi connectivity index (χ4n) is 4.49. The Bertz CT molecular complexity index is 1720. The number of aromatic nitrogens is 1. The minimum Gasteiger partial charge on any atom is -0.508 e. The van der Waals surface area contributed by atoms with E-state index in [-0.39, 0.29) is 12.2 Å². The third-order valence-corrected chi connectivity index (χ3v) is 6.36. The predicted octanol–water partition coefficient (Wildman–Crippen LogP) is 4.15. The summed E-state index contributed by atoms with van der Waals surface area (Å²) in [6, 6.07) is 17.9. The Labute approximate surface area is 216 Å². The summed E-state index contributed by atoms with van der Waals surface area (Å²) in [6.07, 6.45) is 1.66. The fourth-order valence-corrected chi connectivity index (χ4v) is 4.49. The number of carbonyl (C=O) groups is 2. The Hall–Kier alpha value is -5.05. The van der Waals surface area contributed by atoms with Gasteiger partial charge in [0.25, 0.3) is 5.91 Å². The van der Waals surface area contributed by atoms with Crippen molar-refractivity contribution in [1.82, 2.24) is 10.3 Å². The van der Waals surface area contributed by atoms with Crippen LogP contribution in [-0.2, 0) is 16.0 Å². The maximum atomic E-state index is 12.6. The molecular weight excluding hydrogens is 488 g/mol. The first-order chi connectivity index (χ1) is 18.3. The number of amides is 1. The van der Waals surface area contributed by atoms with E-state index in [1.54, 1.807) is 31.3 Å². The number of phenolic OH excluding ortho intramolecular Hbond substituents is 1. The first-order valence-corrected chi connectivity index (χ1v) is 11.9. The van der Waals surface area contributed by atoms with Crippen LogP contribution in [0, 0.1) is 6.92 Å². The van der Waals surface area contributed by atoms with Gasteiger partial charge in [-0.3, -0.25) is 4.79 Å². The van der Waals surface area contributed by atoms with Crippen LogP contribution in [0.2, 0.25) is 0 Å². The van der Waals surface area contributed by atoms with Gasteiger partial charge in [0.15, 0.2) is 6.61 Å². The van der Waals surface area contributed by atoms with Gasteiger partial charge >= 0.3 is 11.6 Å². The Morgan fingerprint density at radius 3 is 2.61 bits per heavy atom. The summed E-state index contributed by atoms with van der Waals surface area (Å²) in [4.78, 5) is 39.8. The number of rotatable bonds is 8. The Balaban J connectivity index is 1.32. The molecule has 5 rings (SSSR count). The highest BCUT2D eigenvalue weighted by Gasteiger charge is 2.23. The zero-order valence-corrected chi connectivity index (χ0v) is 20.4. The third-order valence-electron chi connectivity index (χ3n) is 6.36. The van der Waals surface area contributed by atoms with Gasteiger partial charge in [-0.1, -0.05) is 30.3 Å². The number of carbonyl (C=O) groups excluding carboxylic acids is 1. The smallest absolute Gasteiger partial charge is 0.336 e. The molecule has 0 saturated heterocycles. The van der Waals surface area contributed by atoms with E-state index in [2.05, 4.69) is 10.3 Å². The lowest BCUT2D eigenvalue weighted by Crippen LogP contribution is -2.44. The van der Waals surface area contributed by atoms with Crippen molar-refractivity contribution in [2.75, 3.05) is 6.61 Å². The zero-order chi connectivity index (χ0) is 26.8. The number of H-pyrrole nitrogens is 1. The van der Waals surface area contributed by atoms with Crippen LogP contribution in [0.4, 0.5) is 0 Å². The van der Waals surface area contributed by atoms with Crippen molar-refractivity contribution in [3.05, 3.63) is 94.5 Å². The molecule has 2 aromatic heterocycles. The van der Waals surface area contributed by atoms with Gasteiger partial charge in [0, 0.05) is 40.5 Å². The minimum absolute atomic E-state index is 0.00689. The lowest BCUT2D eigenvalue weighted by molar-refractivity contribution is -0.142. The number of aromatic hydroxyl groups is 1. The number of phenols is 1. The van der Waals surface area contributed by atoms with Crippen LogP contribution in [0.3, 0.4) is 0 Å². The van der Waals surface area contributed by atoms with Crippen LogP contribution in [0.5, 0.6) is 11.5 Å². The van der Waals surface area contributed by atoms with Crippen LogP contribution in [-0.4, -0.2) is 39.7 Å². The van der Waals surface area contributed by atoms with Crippen molar-refractivity contribution < 1.29 is 29.0 Å². The molecule has 0 saturated carbocycles. The number of aliphatic carboxylic acids is 1. The Kier molecular flexibility index (Phi) is 6.57. The van der Waals surface area contributed by atoms with Gasteiger partial charge in [0.2, 0.25) is 0 Å². The summed E-state index contributed by atoms with van der Waals surface area (Å²) in [5.41, 5.74) is 3.34. The van der Waals surface area contributed by atoms with Gasteiger partial charge in [-0.2, -0.15) is 0 Å². The normalized spacial score (nSPS) is 11.9. The van der Waals surface area contributed by atoms with Crippen molar-refractivity contribution in [3.8, 4) is 22.6 Å². The molecule has 5 aromatic rings. The number of ether oxygens (including phenoxy) is 1. The van der Waals surface area contributed by atoms with E-state index in [9.17, 15) is 24.6 Å². The van der Waals surface area contributed by atoms with Gasteiger partial charge in [-0.05, 0) is 53.9 Å². The molecule has 38 heavy (non-hydrogen) atoms. The molecule has 3 aromatic carbocycles. The molecule has 2 heterocycles. The fraction of sp³-hybridized carbons (Fsp3) is 0.138. The van der Waals surface area contributed by atoms with Crippen molar-refractivity contribution in [2.24, 2.45) is 0 Å². The third kappa shape index (κ3) is 4.94. The molecule has 1 unspecified atom stereocenters.